The lowest BCUT2D eigenvalue weighted by Gasteiger charge is -2.37. The van der Waals surface area contributed by atoms with Gasteiger partial charge in [0.1, 0.15) is 5.65 Å². The minimum atomic E-state index is -0.597. The predicted molar refractivity (Wildman–Crippen MR) is 127 cm³/mol. The zero-order valence-corrected chi connectivity index (χ0v) is 20.4. The first-order valence-electron chi connectivity index (χ1n) is 11.8. The maximum Gasteiger partial charge on any atom is 0.270 e. The largest absolute Gasteiger partial charge is 0.492 e. The van der Waals surface area contributed by atoms with Crippen molar-refractivity contribution in [3.05, 3.63) is 33.3 Å². The fraction of sp³-hybridized carbons (Fsp3) is 0.583. The van der Waals surface area contributed by atoms with Gasteiger partial charge >= 0.3 is 0 Å². The lowest BCUT2D eigenvalue weighted by molar-refractivity contribution is -0.140. The number of carbonyl (C=O) groups excluding carboxylic acids is 2. The van der Waals surface area contributed by atoms with Crippen LogP contribution in [-0.4, -0.2) is 67.3 Å². The van der Waals surface area contributed by atoms with E-state index < -0.39 is 22.9 Å². The van der Waals surface area contributed by atoms with Gasteiger partial charge in [-0.25, -0.2) is 0 Å². The Morgan fingerprint density at radius 3 is 2.65 bits per heavy atom. The molecule has 0 spiro atoms. The van der Waals surface area contributed by atoms with Crippen LogP contribution in [0.4, 0.5) is 0 Å². The summed E-state index contributed by atoms with van der Waals surface area (Å²) in [6.07, 6.45) is 4.81. The number of nitrogens with zero attached hydrogens (tertiary/aromatic N) is 4. The molecule has 184 valence electrons. The van der Waals surface area contributed by atoms with Crippen LogP contribution >= 0.6 is 0 Å². The second-order valence-electron chi connectivity index (χ2n) is 10.2. The molecule has 0 aromatic carbocycles. The van der Waals surface area contributed by atoms with Crippen molar-refractivity contribution < 1.29 is 19.4 Å². The van der Waals surface area contributed by atoms with E-state index in [2.05, 4.69) is 10.4 Å². The number of aromatic nitrogens is 3. The van der Waals surface area contributed by atoms with Gasteiger partial charge in [-0.1, -0.05) is 13.8 Å². The average molecular weight is 472 g/mol. The number of carbonyl (C=O) groups is 2. The van der Waals surface area contributed by atoms with Crippen molar-refractivity contribution in [3.8, 4) is 5.88 Å². The number of ether oxygens (including phenoxy) is 1. The van der Waals surface area contributed by atoms with E-state index in [1.807, 2.05) is 27.7 Å². The van der Waals surface area contributed by atoms with Crippen LogP contribution in [-0.2, 0) is 16.1 Å². The minimum absolute atomic E-state index is 0.0366. The van der Waals surface area contributed by atoms with E-state index in [9.17, 15) is 19.5 Å². The molecule has 1 saturated heterocycles. The Hall–Kier alpha value is -3.14. The Kier molecular flexibility index (Phi) is 6.28. The van der Waals surface area contributed by atoms with Crippen LogP contribution in [0.25, 0.3) is 11.7 Å². The number of hydrogen-bond acceptors (Lipinski definition) is 6. The standard InChI is InChI=1S/C24H33N5O5/c1-14(2)12-28-21-17(8-9-18(30)27-10-11-34-24(4,5)13-27)15(3)26-29(21)23(33)19(22(28)32)20(31)25-16-6-7-16/h8-9,14,16,33H,6-7,10-13H2,1-5H3,(H,25,31). The molecule has 2 aliphatic rings. The predicted octanol–water partition coefficient (Wildman–Crippen LogP) is 1.71. The first-order valence-corrected chi connectivity index (χ1v) is 11.8. The van der Waals surface area contributed by atoms with E-state index in [0.29, 0.717) is 43.1 Å². The maximum atomic E-state index is 13.4. The molecule has 2 fully saturated rings. The first kappa shape index (κ1) is 24.0. The summed E-state index contributed by atoms with van der Waals surface area (Å²) in [5.41, 5.74) is 0.116. The van der Waals surface area contributed by atoms with Gasteiger partial charge in [0.2, 0.25) is 11.8 Å². The van der Waals surface area contributed by atoms with Gasteiger partial charge in [-0.3, -0.25) is 19.0 Å². The third kappa shape index (κ3) is 4.72. The zero-order valence-electron chi connectivity index (χ0n) is 20.4. The van der Waals surface area contributed by atoms with E-state index in [1.165, 1.54) is 15.2 Å². The molecular formula is C24H33N5O5. The molecule has 10 heteroatoms. The molecule has 0 bridgehead atoms. The van der Waals surface area contributed by atoms with Crippen molar-refractivity contribution >= 4 is 23.5 Å². The van der Waals surface area contributed by atoms with Crippen molar-refractivity contribution in [1.82, 2.24) is 24.4 Å². The van der Waals surface area contributed by atoms with E-state index in [0.717, 1.165) is 12.8 Å². The lowest BCUT2D eigenvalue weighted by atomic mass is 10.1. The van der Waals surface area contributed by atoms with Crippen LogP contribution < -0.4 is 10.9 Å². The van der Waals surface area contributed by atoms with Crippen LogP contribution in [0.3, 0.4) is 0 Å². The van der Waals surface area contributed by atoms with E-state index in [4.69, 9.17) is 4.74 Å². The molecule has 0 radical (unpaired) electrons. The normalized spacial score (nSPS) is 18.2. The number of aryl methyl sites for hydroxylation is 1. The highest BCUT2D eigenvalue weighted by Crippen LogP contribution is 2.25. The monoisotopic (exact) mass is 471 g/mol. The van der Waals surface area contributed by atoms with Crippen LogP contribution in [0.1, 0.15) is 62.2 Å². The number of amides is 2. The highest BCUT2D eigenvalue weighted by atomic mass is 16.5. The summed E-state index contributed by atoms with van der Waals surface area (Å²) in [6, 6.07) is 0.0366. The Balaban J connectivity index is 1.78. The molecule has 4 rings (SSSR count). The fourth-order valence-electron chi connectivity index (χ4n) is 4.25. The molecule has 1 aliphatic carbocycles. The molecule has 1 saturated carbocycles. The number of rotatable bonds is 6. The Labute approximate surface area is 198 Å². The summed E-state index contributed by atoms with van der Waals surface area (Å²) in [5.74, 6) is -1.17. The maximum absolute atomic E-state index is 13.4. The highest BCUT2D eigenvalue weighted by molar-refractivity contribution is 5.97. The summed E-state index contributed by atoms with van der Waals surface area (Å²) in [6.45, 7) is 11.3. The average Bonchev–Trinajstić information content (AvgIpc) is 3.49. The second kappa shape index (κ2) is 8.90. The molecule has 10 nitrogen and oxygen atoms in total. The van der Waals surface area contributed by atoms with Gasteiger partial charge in [-0.2, -0.15) is 9.61 Å². The van der Waals surface area contributed by atoms with Gasteiger partial charge in [0.25, 0.3) is 11.5 Å². The van der Waals surface area contributed by atoms with Gasteiger partial charge in [0.05, 0.1) is 17.9 Å². The van der Waals surface area contributed by atoms with Gasteiger partial charge in [-0.05, 0) is 45.6 Å². The Morgan fingerprint density at radius 1 is 1.32 bits per heavy atom. The third-order valence-electron chi connectivity index (χ3n) is 6.04. The topological polar surface area (TPSA) is 118 Å². The number of aromatic hydroxyl groups is 1. The summed E-state index contributed by atoms with van der Waals surface area (Å²) in [7, 11) is 0. The van der Waals surface area contributed by atoms with E-state index >= 15 is 0 Å². The third-order valence-corrected chi connectivity index (χ3v) is 6.04. The lowest BCUT2D eigenvalue weighted by Crippen LogP contribution is -2.50. The van der Waals surface area contributed by atoms with Gasteiger partial charge in [0.15, 0.2) is 5.56 Å². The summed E-state index contributed by atoms with van der Waals surface area (Å²) in [4.78, 5) is 40.7. The SMILES string of the molecule is Cc1nn2c(O)c(C(=O)NC3CC3)c(=O)n(CC(C)C)c2c1C=CC(=O)N1CCOC(C)(C)C1. The zero-order chi connectivity index (χ0) is 24.8. The number of hydrogen-bond donors (Lipinski definition) is 2. The molecule has 0 unspecified atom stereocenters. The summed E-state index contributed by atoms with van der Waals surface area (Å²) in [5, 5.41) is 18.1. The van der Waals surface area contributed by atoms with Crippen molar-refractivity contribution in [2.45, 2.75) is 65.6 Å². The van der Waals surface area contributed by atoms with Crippen LogP contribution in [0, 0.1) is 12.8 Å². The van der Waals surface area contributed by atoms with Crippen molar-refractivity contribution in [1.29, 1.82) is 0 Å². The smallest absolute Gasteiger partial charge is 0.270 e. The highest BCUT2D eigenvalue weighted by Gasteiger charge is 2.31. The molecule has 2 aromatic rings. The molecule has 2 amide bonds. The molecule has 34 heavy (non-hydrogen) atoms. The second-order valence-corrected chi connectivity index (χ2v) is 10.2. The Bertz CT molecular complexity index is 1220. The molecule has 0 atom stereocenters. The first-order chi connectivity index (χ1) is 16.0. The number of fused-ring (bicyclic) bond motifs is 1. The van der Waals surface area contributed by atoms with Gasteiger partial charge in [0, 0.05) is 37.3 Å². The van der Waals surface area contributed by atoms with Crippen LogP contribution in [0.15, 0.2) is 10.9 Å². The quantitative estimate of drug-likeness (QED) is 0.620. The molecule has 2 N–H and O–H groups in total. The van der Waals surface area contributed by atoms with Gasteiger partial charge in [-0.15, -0.1) is 0 Å². The summed E-state index contributed by atoms with van der Waals surface area (Å²) >= 11 is 0. The minimum Gasteiger partial charge on any atom is -0.492 e. The van der Waals surface area contributed by atoms with Crippen molar-refractivity contribution in [2.24, 2.45) is 5.92 Å². The van der Waals surface area contributed by atoms with Crippen molar-refractivity contribution in [2.75, 3.05) is 19.7 Å². The molecule has 1 aliphatic heterocycles. The number of nitrogens with one attached hydrogen (secondary N) is 1. The summed E-state index contributed by atoms with van der Waals surface area (Å²) < 4.78 is 8.37. The molecule has 2 aromatic heterocycles. The molecular weight excluding hydrogens is 438 g/mol. The fourth-order valence-corrected chi connectivity index (χ4v) is 4.25. The van der Waals surface area contributed by atoms with Crippen LogP contribution in [0.2, 0.25) is 0 Å². The molecule has 3 heterocycles. The van der Waals surface area contributed by atoms with E-state index in [-0.39, 0.29) is 23.4 Å². The van der Waals surface area contributed by atoms with Crippen LogP contribution in [0.5, 0.6) is 5.88 Å². The van der Waals surface area contributed by atoms with E-state index in [1.54, 1.807) is 17.9 Å². The van der Waals surface area contributed by atoms with Gasteiger partial charge < -0.3 is 20.1 Å². The number of morpholine rings is 1. The Morgan fingerprint density at radius 2 is 2.03 bits per heavy atom. The van der Waals surface area contributed by atoms with Crippen molar-refractivity contribution in [3.63, 3.8) is 0 Å².